The second kappa shape index (κ2) is 3.83. The summed E-state index contributed by atoms with van der Waals surface area (Å²) in [4.78, 5) is 0. The van der Waals surface area contributed by atoms with Gasteiger partial charge in [0.1, 0.15) is 5.82 Å². The molecule has 4 nitrogen and oxygen atoms in total. The Labute approximate surface area is 90.6 Å². The molecule has 1 fully saturated rings. The zero-order chi connectivity index (χ0) is 10.1. The lowest BCUT2D eigenvalue weighted by molar-refractivity contribution is 0.184. The minimum absolute atomic E-state index is 0.608. The molecule has 0 amide bonds. The first kappa shape index (κ1) is 9.19. The molecule has 0 saturated heterocycles. The van der Waals surface area contributed by atoms with Gasteiger partial charge in [-0.25, -0.2) is 10.0 Å². The summed E-state index contributed by atoms with van der Waals surface area (Å²) in [6, 6.07) is 0.608. The summed E-state index contributed by atoms with van der Waals surface area (Å²) in [5, 5.41) is 12.8. The van der Waals surface area contributed by atoms with Crippen LogP contribution < -0.4 is 0 Å². The van der Waals surface area contributed by atoms with Gasteiger partial charge in [-0.3, -0.25) is 0 Å². The number of hydrogen-bond acceptors (Lipinski definition) is 4. The lowest BCUT2D eigenvalue weighted by Gasteiger charge is -2.31. The fourth-order valence-corrected chi connectivity index (χ4v) is 2.72. The average molecular weight is 206 g/mol. The zero-order valence-corrected chi connectivity index (χ0v) is 9.10. The predicted octanol–water partition coefficient (Wildman–Crippen LogP) is 2.85. The third-order valence-electron chi connectivity index (χ3n) is 3.57. The Balaban J connectivity index is 1.75. The van der Waals surface area contributed by atoms with Crippen LogP contribution in [-0.4, -0.2) is 22.6 Å². The first-order valence-electron chi connectivity index (χ1n) is 6.14. The molecule has 1 saturated carbocycles. The molecule has 2 heterocycles. The normalized spacial score (nSPS) is 26.8. The van der Waals surface area contributed by atoms with Crippen molar-refractivity contribution in [3.8, 4) is 0 Å². The van der Waals surface area contributed by atoms with Gasteiger partial charge in [0, 0.05) is 6.54 Å². The maximum Gasteiger partial charge on any atom is 0.145 e. The van der Waals surface area contributed by atoms with Gasteiger partial charge in [0.2, 0.25) is 0 Å². The van der Waals surface area contributed by atoms with Crippen molar-refractivity contribution >= 4 is 0 Å². The Morgan fingerprint density at radius 3 is 2.80 bits per heavy atom. The van der Waals surface area contributed by atoms with Crippen molar-refractivity contribution in [2.45, 2.75) is 51.0 Å². The van der Waals surface area contributed by atoms with Crippen LogP contribution in [-0.2, 0) is 0 Å². The molecule has 15 heavy (non-hydrogen) atoms. The van der Waals surface area contributed by atoms with Crippen LogP contribution in [0.5, 0.6) is 0 Å². The van der Waals surface area contributed by atoms with Crippen molar-refractivity contribution in [2.24, 2.45) is 10.4 Å². The van der Waals surface area contributed by atoms with Gasteiger partial charge >= 0.3 is 0 Å². The Bertz CT molecular complexity index is 291. The van der Waals surface area contributed by atoms with Gasteiger partial charge in [0.15, 0.2) is 0 Å². The highest BCUT2D eigenvalue weighted by atomic mass is 15.8. The van der Waals surface area contributed by atoms with Crippen LogP contribution in [0.15, 0.2) is 22.3 Å². The van der Waals surface area contributed by atoms with Gasteiger partial charge in [0.05, 0.1) is 6.04 Å². The Hall–Kier alpha value is -1.06. The molecule has 0 radical (unpaired) electrons. The summed E-state index contributed by atoms with van der Waals surface area (Å²) >= 11 is 0. The summed E-state index contributed by atoms with van der Waals surface area (Å²) in [5.41, 5.74) is 0. The second-order valence-corrected chi connectivity index (χ2v) is 4.64. The van der Waals surface area contributed by atoms with E-state index in [0.29, 0.717) is 6.04 Å². The highest BCUT2D eigenvalue weighted by Crippen LogP contribution is 2.32. The maximum absolute atomic E-state index is 4.32. The van der Waals surface area contributed by atoms with E-state index in [1.54, 1.807) is 0 Å². The molecule has 0 unspecified atom stereocenters. The topological polar surface area (TPSA) is 31.2 Å². The van der Waals surface area contributed by atoms with Gasteiger partial charge in [-0.05, 0) is 42.2 Å². The van der Waals surface area contributed by atoms with E-state index in [4.69, 9.17) is 0 Å². The van der Waals surface area contributed by atoms with E-state index in [1.807, 2.05) is 0 Å². The Morgan fingerprint density at radius 1 is 1.07 bits per heavy atom. The molecule has 1 aliphatic carbocycles. The van der Waals surface area contributed by atoms with Crippen LogP contribution in [0.4, 0.5) is 0 Å². The molecule has 0 spiro atoms. The SMILES string of the molecule is C1=C2N(CCC1)N=NN2C1CCCCC1. The van der Waals surface area contributed by atoms with Crippen molar-refractivity contribution in [1.29, 1.82) is 0 Å². The number of fused-ring (bicyclic) bond motifs is 1. The van der Waals surface area contributed by atoms with Gasteiger partial charge in [-0.2, -0.15) is 0 Å². The van der Waals surface area contributed by atoms with Crippen LogP contribution in [0, 0.1) is 0 Å². The second-order valence-electron chi connectivity index (χ2n) is 4.64. The zero-order valence-electron chi connectivity index (χ0n) is 9.10. The first-order valence-corrected chi connectivity index (χ1v) is 6.14. The predicted molar refractivity (Wildman–Crippen MR) is 57.6 cm³/mol. The molecular formula is C11H18N4. The van der Waals surface area contributed by atoms with Gasteiger partial charge in [-0.15, -0.1) is 0 Å². The molecular weight excluding hydrogens is 188 g/mol. The van der Waals surface area contributed by atoms with Gasteiger partial charge < -0.3 is 0 Å². The largest absolute Gasteiger partial charge is 0.228 e. The minimum Gasteiger partial charge on any atom is -0.228 e. The number of allylic oxidation sites excluding steroid dienone is 1. The lowest BCUT2D eigenvalue weighted by atomic mass is 9.95. The lowest BCUT2D eigenvalue weighted by Crippen LogP contribution is -2.34. The fourth-order valence-electron chi connectivity index (χ4n) is 2.72. The minimum atomic E-state index is 0.608. The summed E-state index contributed by atoms with van der Waals surface area (Å²) in [6.07, 6.45) is 11.3. The highest BCUT2D eigenvalue weighted by molar-refractivity contribution is 5.05. The molecule has 82 valence electrons. The van der Waals surface area contributed by atoms with E-state index in [2.05, 4.69) is 26.5 Å². The first-order chi connectivity index (χ1) is 7.45. The third kappa shape index (κ3) is 1.62. The molecule has 0 aromatic rings. The van der Waals surface area contributed by atoms with E-state index in [1.165, 1.54) is 50.8 Å². The van der Waals surface area contributed by atoms with Crippen LogP contribution in [0.2, 0.25) is 0 Å². The van der Waals surface area contributed by atoms with E-state index in [0.717, 1.165) is 6.54 Å². The number of nitrogens with zero attached hydrogens (tertiary/aromatic N) is 4. The van der Waals surface area contributed by atoms with Crippen LogP contribution in [0.3, 0.4) is 0 Å². The van der Waals surface area contributed by atoms with E-state index >= 15 is 0 Å². The molecule has 0 N–H and O–H groups in total. The smallest absolute Gasteiger partial charge is 0.145 e. The monoisotopic (exact) mass is 206 g/mol. The van der Waals surface area contributed by atoms with Gasteiger partial charge in [0.25, 0.3) is 0 Å². The molecule has 0 aromatic carbocycles. The maximum atomic E-state index is 4.32. The molecule has 0 bridgehead atoms. The summed E-state index contributed by atoms with van der Waals surface area (Å²) in [6.45, 7) is 1.04. The van der Waals surface area contributed by atoms with Crippen LogP contribution in [0.25, 0.3) is 0 Å². The quantitative estimate of drug-likeness (QED) is 0.660. The van der Waals surface area contributed by atoms with Crippen molar-refractivity contribution in [1.82, 2.24) is 10.0 Å². The van der Waals surface area contributed by atoms with Crippen molar-refractivity contribution in [3.63, 3.8) is 0 Å². The van der Waals surface area contributed by atoms with Crippen molar-refractivity contribution in [3.05, 3.63) is 11.9 Å². The standard InChI is InChI=1S/C11H18N4/c1-2-6-10(7-3-1)15-11-8-4-5-9-14(11)12-13-15/h8,10H,1-7,9H2. The van der Waals surface area contributed by atoms with Crippen molar-refractivity contribution in [2.75, 3.05) is 6.54 Å². The summed E-state index contributed by atoms with van der Waals surface area (Å²) < 4.78 is 0. The number of hydrogen-bond donors (Lipinski definition) is 0. The molecule has 4 heteroatoms. The fraction of sp³-hybridized carbons (Fsp3) is 0.818. The van der Waals surface area contributed by atoms with Crippen molar-refractivity contribution < 1.29 is 0 Å². The van der Waals surface area contributed by atoms with E-state index in [9.17, 15) is 0 Å². The van der Waals surface area contributed by atoms with Crippen LogP contribution >= 0.6 is 0 Å². The summed E-state index contributed by atoms with van der Waals surface area (Å²) in [7, 11) is 0. The molecule has 0 atom stereocenters. The Kier molecular flexibility index (Phi) is 2.35. The number of rotatable bonds is 1. The van der Waals surface area contributed by atoms with E-state index < -0.39 is 0 Å². The molecule has 3 aliphatic rings. The highest BCUT2D eigenvalue weighted by Gasteiger charge is 2.31. The van der Waals surface area contributed by atoms with E-state index in [-0.39, 0.29) is 0 Å². The third-order valence-corrected chi connectivity index (χ3v) is 3.57. The summed E-state index contributed by atoms with van der Waals surface area (Å²) in [5.74, 6) is 1.24. The molecule has 0 aromatic heterocycles. The van der Waals surface area contributed by atoms with Crippen LogP contribution in [0.1, 0.15) is 44.9 Å². The molecule has 2 aliphatic heterocycles. The molecule has 3 rings (SSSR count). The average Bonchev–Trinajstić information content (AvgIpc) is 2.74. The Morgan fingerprint density at radius 2 is 1.93 bits per heavy atom. The van der Waals surface area contributed by atoms with Gasteiger partial charge in [-0.1, -0.05) is 19.3 Å².